The van der Waals surface area contributed by atoms with E-state index >= 15 is 0 Å². The molecule has 1 nitrogen and oxygen atoms in total. The van der Waals surface area contributed by atoms with E-state index in [4.69, 9.17) is 17.3 Å². The molecule has 1 aromatic rings. The number of hydrogen-bond acceptors (Lipinski definition) is 1. The van der Waals surface area contributed by atoms with Crippen LogP contribution in [0.5, 0.6) is 0 Å². The first-order valence-electron chi connectivity index (χ1n) is 4.66. The van der Waals surface area contributed by atoms with Gasteiger partial charge in [-0.2, -0.15) is 0 Å². The van der Waals surface area contributed by atoms with Gasteiger partial charge in [-0.25, -0.2) is 0 Å². The van der Waals surface area contributed by atoms with Crippen LogP contribution in [-0.4, -0.2) is 0 Å². The van der Waals surface area contributed by atoms with E-state index in [1.165, 1.54) is 0 Å². The number of halogens is 1. The Labute approximate surface area is 84.9 Å². The van der Waals surface area contributed by atoms with Crippen molar-refractivity contribution in [3.05, 3.63) is 34.9 Å². The maximum Gasteiger partial charge on any atom is 0.0409 e. The van der Waals surface area contributed by atoms with Crippen molar-refractivity contribution in [1.29, 1.82) is 0 Å². The maximum atomic E-state index is 6.06. The zero-order valence-corrected chi connectivity index (χ0v) is 8.88. The number of hydrogen-bond donors (Lipinski definition) is 1. The smallest absolute Gasteiger partial charge is 0.0409 e. The fraction of sp³-hybridized carbons (Fsp3) is 0.455. The van der Waals surface area contributed by atoms with Crippen molar-refractivity contribution in [3.63, 3.8) is 0 Å². The summed E-state index contributed by atoms with van der Waals surface area (Å²) in [4.78, 5) is 0. The Balaban J connectivity index is 2.82. The highest BCUT2D eigenvalue weighted by Crippen LogP contribution is 2.23. The maximum absolute atomic E-state index is 6.06. The van der Waals surface area contributed by atoms with E-state index < -0.39 is 0 Å². The van der Waals surface area contributed by atoms with Gasteiger partial charge in [-0.3, -0.25) is 0 Å². The number of rotatable bonds is 3. The summed E-state index contributed by atoms with van der Waals surface area (Å²) >= 11 is 5.88. The van der Waals surface area contributed by atoms with Crippen molar-refractivity contribution < 1.29 is 0 Å². The van der Waals surface area contributed by atoms with Crippen LogP contribution in [0, 0.1) is 5.92 Å². The molecule has 0 saturated heterocycles. The summed E-state index contributed by atoms with van der Waals surface area (Å²) in [6, 6.07) is 7.89. The molecule has 0 radical (unpaired) electrons. The second-order valence-corrected chi connectivity index (χ2v) is 3.90. The molecule has 0 fully saturated rings. The SMILES string of the molecule is CCC(C)[C@H](N)c1cccc(Cl)c1. The minimum atomic E-state index is 0.101. The van der Waals surface area contributed by atoms with E-state index in [0.717, 1.165) is 17.0 Å². The molecule has 2 atom stereocenters. The van der Waals surface area contributed by atoms with E-state index in [0.29, 0.717) is 5.92 Å². The number of nitrogens with two attached hydrogens (primary N) is 1. The molecular formula is C11H16ClN. The lowest BCUT2D eigenvalue weighted by Crippen LogP contribution is -2.18. The van der Waals surface area contributed by atoms with Crippen molar-refractivity contribution in [2.24, 2.45) is 11.7 Å². The van der Waals surface area contributed by atoms with Gasteiger partial charge in [-0.15, -0.1) is 0 Å². The summed E-state index contributed by atoms with van der Waals surface area (Å²) in [6.07, 6.45) is 1.09. The molecule has 2 heteroatoms. The van der Waals surface area contributed by atoms with Gasteiger partial charge in [0, 0.05) is 11.1 Å². The second kappa shape index (κ2) is 4.64. The van der Waals surface area contributed by atoms with Crippen molar-refractivity contribution in [1.82, 2.24) is 0 Å². The van der Waals surface area contributed by atoms with E-state index in [1.807, 2.05) is 24.3 Å². The molecule has 0 spiro atoms. The Morgan fingerprint density at radius 3 is 2.69 bits per heavy atom. The zero-order valence-electron chi connectivity index (χ0n) is 8.13. The largest absolute Gasteiger partial charge is 0.324 e. The third-order valence-electron chi connectivity index (χ3n) is 2.49. The molecule has 13 heavy (non-hydrogen) atoms. The summed E-state index contributed by atoms with van der Waals surface area (Å²) < 4.78 is 0. The van der Waals surface area contributed by atoms with Gasteiger partial charge in [0.2, 0.25) is 0 Å². The molecule has 2 N–H and O–H groups in total. The first-order valence-corrected chi connectivity index (χ1v) is 5.04. The van der Waals surface area contributed by atoms with Gasteiger partial charge < -0.3 is 5.73 Å². The van der Waals surface area contributed by atoms with Crippen LogP contribution in [0.2, 0.25) is 5.02 Å². The Bertz CT molecular complexity index is 273. The van der Waals surface area contributed by atoms with Crippen molar-refractivity contribution in [2.45, 2.75) is 26.3 Å². The number of benzene rings is 1. The van der Waals surface area contributed by atoms with Crippen LogP contribution in [-0.2, 0) is 0 Å². The molecule has 0 heterocycles. The minimum Gasteiger partial charge on any atom is -0.324 e. The van der Waals surface area contributed by atoms with Gasteiger partial charge in [0.05, 0.1) is 0 Å². The zero-order chi connectivity index (χ0) is 9.84. The van der Waals surface area contributed by atoms with Crippen LogP contribution in [0.4, 0.5) is 0 Å². The highest BCUT2D eigenvalue weighted by Gasteiger charge is 2.12. The molecule has 0 amide bonds. The highest BCUT2D eigenvalue weighted by molar-refractivity contribution is 6.30. The predicted octanol–water partition coefficient (Wildman–Crippen LogP) is 3.39. The molecule has 1 rings (SSSR count). The third kappa shape index (κ3) is 2.71. The lowest BCUT2D eigenvalue weighted by atomic mass is 9.93. The molecule has 72 valence electrons. The van der Waals surface area contributed by atoms with Gasteiger partial charge in [-0.05, 0) is 23.6 Å². The predicted molar refractivity (Wildman–Crippen MR) is 57.8 cm³/mol. The fourth-order valence-corrected chi connectivity index (χ4v) is 1.50. The Kier molecular flexibility index (Phi) is 3.76. The standard InChI is InChI=1S/C11H16ClN/c1-3-8(2)11(13)9-5-4-6-10(12)7-9/h4-8,11H,3,13H2,1-2H3/t8?,11-/m0/s1. The van der Waals surface area contributed by atoms with Crippen molar-refractivity contribution in [2.75, 3.05) is 0 Å². The van der Waals surface area contributed by atoms with Crippen LogP contribution >= 0.6 is 11.6 Å². The molecule has 0 bridgehead atoms. The van der Waals surface area contributed by atoms with E-state index in [-0.39, 0.29) is 6.04 Å². The van der Waals surface area contributed by atoms with Crippen LogP contribution < -0.4 is 5.73 Å². The van der Waals surface area contributed by atoms with Gasteiger partial charge in [-0.1, -0.05) is 44.0 Å². The second-order valence-electron chi connectivity index (χ2n) is 3.47. The van der Waals surface area contributed by atoms with Crippen molar-refractivity contribution in [3.8, 4) is 0 Å². The van der Waals surface area contributed by atoms with Gasteiger partial charge in [0.25, 0.3) is 0 Å². The van der Waals surface area contributed by atoms with E-state index in [2.05, 4.69) is 13.8 Å². The first-order chi connectivity index (χ1) is 6.15. The van der Waals surface area contributed by atoms with Crippen LogP contribution in [0.3, 0.4) is 0 Å². The molecule has 0 saturated carbocycles. The Hall–Kier alpha value is -0.530. The lowest BCUT2D eigenvalue weighted by molar-refractivity contribution is 0.457. The van der Waals surface area contributed by atoms with Gasteiger partial charge >= 0.3 is 0 Å². The average Bonchev–Trinajstić information content (AvgIpc) is 2.15. The normalized spacial score (nSPS) is 15.4. The lowest BCUT2D eigenvalue weighted by Gasteiger charge is -2.18. The van der Waals surface area contributed by atoms with Crippen LogP contribution in [0.1, 0.15) is 31.9 Å². The Morgan fingerprint density at radius 2 is 2.15 bits per heavy atom. The fourth-order valence-electron chi connectivity index (χ4n) is 1.30. The summed E-state index contributed by atoms with van der Waals surface area (Å²) in [5.74, 6) is 0.499. The third-order valence-corrected chi connectivity index (χ3v) is 2.73. The molecule has 1 unspecified atom stereocenters. The van der Waals surface area contributed by atoms with Crippen molar-refractivity contribution >= 4 is 11.6 Å². The molecule has 0 aliphatic heterocycles. The topological polar surface area (TPSA) is 26.0 Å². The first kappa shape index (κ1) is 10.6. The minimum absolute atomic E-state index is 0.101. The summed E-state index contributed by atoms with van der Waals surface area (Å²) in [6.45, 7) is 4.31. The summed E-state index contributed by atoms with van der Waals surface area (Å²) in [5.41, 5.74) is 7.19. The van der Waals surface area contributed by atoms with E-state index in [9.17, 15) is 0 Å². The van der Waals surface area contributed by atoms with Crippen LogP contribution in [0.15, 0.2) is 24.3 Å². The Morgan fingerprint density at radius 1 is 1.46 bits per heavy atom. The van der Waals surface area contributed by atoms with Gasteiger partial charge in [0.1, 0.15) is 0 Å². The quantitative estimate of drug-likeness (QED) is 0.790. The molecule has 0 aromatic heterocycles. The van der Waals surface area contributed by atoms with Gasteiger partial charge in [0.15, 0.2) is 0 Å². The van der Waals surface area contributed by atoms with Crippen LogP contribution in [0.25, 0.3) is 0 Å². The molecule has 1 aromatic carbocycles. The highest BCUT2D eigenvalue weighted by atomic mass is 35.5. The molecular weight excluding hydrogens is 182 g/mol. The molecule has 0 aliphatic carbocycles. The van der Waals surface area contributed by atoms with E-state index in [1.54, 1.807) is 0 Å². The summed E-state index contributed by atoms with van der Waals surface area (Å²) in [7, 11) is 0. The molecule has 0 aliphatic rings. The average molecular weight is 198 g/mol. The summed E-state index contributed by atoms with van der Waals surface area (Å²) in [5, 5.41) is 0.760. The monoisotopic (exact) mass is 197 g/mol.